The van der Waals surface area contributed by atoms with Crippen molar-refractivity contribution in [1.29, 1.82) is 0 Å². The van der Waals surface area contributed by atoms with Gasteiger partial charge in [-0.15, -0.1) is 0 Å². The van der Waals surface area contributed by atoms with Crippen LogP contribution in [0.25, 0.3) is 0 Å². The molecule has 0 aliphatic heterocycles. The lowest BCUT2D eigenvalue weighted by Gasteiger charge is -2.19. The van der Waals surface area contributed by atoms with Gasteiger partial charge in [-0.2, -0.15) is 0 Å². The zero-order valence-electron chi connectivity index (χ0n) is 22.0. The second-order valence-corrected chi connectivity index (χ2v) is 10.4. The fourth-order valence-electron chi connectivity index (χ4n) is 3.49. The van der Waals surface area contributed by atoms with Gasteiger partial charge in [-0.25, -0.2) is 4.57 Å². The van der Waals surface area contributed by atoms with E-state index in [1.54, 1.807) is 0 Å². The first-order valence-electron chi connectivity index (χ1n) is 13.5. The number of phosphoric ester groups is 1. The number of carbonyl (C=O) groups excluding carboxylic acids is 2. The summed E-state index contributed by atoms with van der Waals surface area (Å²) < 4.78 is 31.8. The van der Waals surface area contributed by atoms with Crippen LogP contribution in [-0.2, 0) is 32.7 Å². The summed E-state index contributed by atoms with van der Waals surface area (Å²) in [6, 6.07) is 0. The molecular weight excluding hydrogens is 473 g/mol. The summed E-state index contributed by atoms with van der Waals surface area (Å²) >= 11 is 0. The van der Waals surface area contributed by atoms with E-state index in [9.17, 15) is 19.0 Å². The number of hydrogen-bond donors (Lipinski definition) is 2. The van der Waals surface area contributed by atoms with Crippen LogP contribution in [0.5, 0.6) is 0 Å². The Morgan fingerprint density at radius 2 is 1.29 bits per heavy atom. The van der Waals surface area contributed by atoms with Crippen molar-refractivity contribution in [2.24, 2.45) is 5.73 Å². The highest BCUT2D eigenvalue weighted by atomic mass is 31.2. The molecule has 0 radical (unpaired) electrons. The summed E-state index contributed by atoms with van der Waals surface area (Å²) in [7, 11) is -4.33. The maximum Gasteiger partial charge on any atom is 0.472 e. The molecule has 0 rings (SSSR count). The van der Waals surface area contributed by atoms with E-state index in [2.05, 4.69) is 11.4 Å². The zero-order chi connectivity index (χ0) is 26.2. The van der Waals surface area contributed by atoms with E-state index in [0.29, 0.717) is 12.8 Å². The Balaban J connectivity index is 4.08. The summed E-state index contributed by atoms with van der Waals surface area (Å²) in [6.45, 7) is 3.31. The number of phosphoric acid groups is 1. The Kier molecular flexibility index (Phi) is 22.7. The maximum atomic E-state index is 12.2. The van der Waals surface area contributed by atoms with E-state index in [-0.39, 0.29) is 32.6 Å². The van der Waals surface area contributed by atoms with Gasteiger partial charge in [-0.3, -0.25) is 18.6 Å². The second-order valence-electron chi connectivity index (χ2n) is 8.92. The van der Waals surface area contributed by atoms with E-state index in [1.807, 2.05) is 6.92 Å². The first kappa shape index (κ1) is 34.0. The molecule has 0 fully saturated rings. The number of nitrogens with two attached hydrogens (primary N) is 1. The largest absolute Gasteiger partial charge is 0.472 e. The van der Waals surface area contributed by atoms with Crippen LogP contribution in [0, 0.1) is 0 Å². The molecule has 0 saturated carbocycles. The molecular formula is C25H50NO8P. The van der Waals surface area contributed by atoms with Crippen LogP contribution in [0.4, 0.5) is 0 Å². The van der Waals surface area contributed by atoms with Crippen molar-refractivity contribution in [3.8, 4) is 0 Å². The lowest BCUT2D eigenvalue weighted by molar-refractivity contribution is -0.161. The lowest BCUT2D eigenvalue weighted by atomic mass is 10.0. The highest BCUT2D eigenvalue weighted by Gasteiger charge is 2.25. The van der Waals surface area contributed by atoms with E-state index < -0.39 is 32.5 Å². The summed E-state index contributed by atoms with van der Waals surface area (Å²) in [6.07, 6.45) is 15.9. The Morgan fingerprint density at radius 1 is 0.743 bits per heavy atom. The van der Waals surface area contributed by atoms with Gasteiger partial charge in [0.1, 0.15) is 6.61 Å². The zero-order valence-corrected chi connectivity index (χ0v) is 22.9. The number of esters is 2. The summed E-state index contributed by atoms with van der Waals surface area (Å²) in [5.74, 6) is -0.888. The van der Waals surface area contributed by atoms with E-state index in [4.69, 9.17) is 19.7 Å². The molecule has 208 valence electrons. The van der Waals surface area contributed by atoms with Crippen LogP contribution in [-0.4, -0.2) is 49.3 Å². The average molecular weight is 524 g/mol. The third-order valence-corrected chi connectivity index (χ3v) is 6.45. The molecule has 0 aromatic carbocycles. The summed E-state index contributed by atoms with van der Waals surface area (Å²) in [5, 5.41) is 0. The standard InChI is InChI=1S/C25H50NO8P/c1-3-5-6-7-8-9-10-11-12-13-14-15-16-18-25(28)34-23(21-31-24(27)17-4-2)22-33-35(29,30)32-20-19-26/h23H,3-22,26H2,1-2H3,(H,29,30)/t23-/m1/s1. The molecule has 0 aliphatic carbocycles. The molecule has 1 unspecified atom stereocenters. The monoisotopic (exact) mass is 523 g/mol. The summed E-state index contributed by atoms with van der Waals surface area (Å²) in [5.41, 5.74) is 5.25. The van der Waals surface area contributed by atoms with Gasteiger partial charge in [0.15, 0.2) is 6.10 Å². The smallest absolute Gasteiger partial charge is 0.462 e. The topological polar surface area (TPSA) is 134 Å². The van der Waals surface area contributed by atoms with Crippen LogP contribution in [0.3, 0.4) is 0 Å². The van der Waals surface area contributed by atoms with Crippen LogP contribution in [0.15, 0.2) is 0 Å². The quantitative estimate of drug-likeness (QED) is 0.0862. The van der Waals surface area contributed by atoms with Gasteiger partial charge in [0.25, 0.3) is 0 Å². The first-order chi connectivity index (χ1) is 16.8. The normalized spacial score (nSPS) is 13.8. The summed E-state index contributed by atoms with van der Waals surface area (Å²) in [4.78, 5) is 33.5. The Bertz CT molecular complexity index is 576. The van der Waals surface area contributed by atoms with Crippen molar-refractivity contribution in [3.05, 3.63) is 0 Å². The third-order valence-electron chi connectivity index (χ3n) is 5.46. The van der Waals surface area contributed by atoms with Crippen molar-refractivity contribution < 1.29 is 37.6 Å². The number of hydrogen-bond acceptors (Lipinski definition) is 8. The number of carbonyl (C=O) groups is 2. The molecule has 0 bridgehead atoms. The van der Waals surface area contributed by atoms with Crippen LogP contribution in [0.1, 0.15) is 117 Å². The Labute approximate surface area is 212 Å². The molecule has 35 heavy (non-hydrogen) atoms. The molecule has 0 aliphatic rings. The first-order valence-corrected chi connectivity index (χ1v) is 15.0. The van der Waals surface area contributed by atoms with Crippen molar-refractivity contribution in [2.45, 2.75) is 123 Å². The molecule has 2 atom stereocenters. The Hall–Kier alpha value is -0.990. The molecule has 0 heterocycles. The van der Waals surface area contributed by atoms with Crippen molar-refractivity contribution in [2.75, 3.05) is 26.4 Å². The molecule has 9 nitrogen and oxygen atoms in total. The maximum absolute atomic E-state index is 12.2. The molecule has 3 N–H and O–H groups in total. The average Bonchev–Trinajstić information content (AvgIpc) is 2.82. The highest BCUT2D eigenvalue weighted by molar-refractivity contribution is 7.47. The SMILES string of the molecule is CCCCCCCCCCCCCCCC(=O)O[C@H](COC(=O)CCC)COP(=O)(O)OCCN. The highest BCUT2D eigenvalue weighted by Crippen LogP contribution is 2.43. The predicted molar refractivity (Wildman–Crippen MR) is 137 cm³/mol. The molecule has 0 aromatic heterocycles. The number of rotatable bonds is 25. The molecule has 0 saturated heterocycles. The molecule has 0 amide bonds. The lowest BCUT2D eigenvalue weighted by Crippen LogP contribution is -2.29. The third kappa shape index (κ3) is 23.2. The Morgan fingerprint density at radius 3 is 1.80 bits per heavy atom. The molecule has 0 aromatic rings. The van der Waals surface area contributed by atoms with Crippen molar-refractivity contribution in [1.82, 2.24) is 0 Å². The number of ether oxygens (including phenoxy) is 2. The molecule has 0 spiro atoms. The van der Waals surface area contributed by atoms with Gasteiger partial charge in [0, 0.05) is 19.4 Å². The van der Waals surface area contributed by atoms with Gasteiger partial charge in [0.05, 0.1) is 13.2 Å². The van der Waals surface area contributed by atoms with Crippen LogP contribution < -0.4 is 5.73 Å². The predicted octanol–water partition coefficient (Wildman–Crippen LogP) is 5.82. The van der Waals surface area contributed by atoms with Gasteiger partial charge < -0.3 is 20.1 Å². The second kappa shape index (κ2) is 23.4. The van der Waals surface area contributed by atoms with Gasteiger partial charge >= 0.3 is 19.8 Å². The van der Waals surface area contributed by atoms with Crippen molar-refractivity contribution >= 4 is 19.8 Å². The number of unbranched alkanes of at least 4 members (excludes halogenated alkanes) is 12. The molecule has 10 heteroatoms. The van der Waals surface area contributed by atoms with Gasteiger partial charge in [-0.05, 0) is 12.8 Å². The van der Waals surface area contributed by atoms with Gasteiger partial charge in [-0.1, -0.05) is 90.9 Å². The minimum atomic E-state index is -4.33. The van der Waals surface area contributed by atoms with Crippen LogP contribution >= 0.6 is 7.82 Å². The van der Waals surface area contributed by atoms with Crippen molar-refractivity contribution in [3.63, 3.8) is 0 Å². The van der Waals surface area contributed by atoms with E-state index in [1.165, 1.54) is 64.2 Å². The van der Waals surface area contributed by atoms with Crippen LogP contribution in [0.2, 0.25) is 0 Å². The van der Waals surface area contributed by atoms with E-state index in [0.717, 1.165) is 12.8 Å². The fraction of sp³-hybridized carbons (Fsp3) is 0.920. The van der Waals surface area contributed by atoms with Gasteiger partial charge in [0.2, 0.25) is 0 Å². The fourth-order valence-corrected chi connectivity index (χ4v) is 4.26. The minimum absolute atomic E-state index is 0.0556. The van der Waals surface area contributed by atoms with E-state index >= 15 is 0 Å². The minimum Gasteiger partial charge on any atom is -0.462 e.